The van der Waals surface area contributed by atoms with E-state index in [-0.39, 0.29) is 17.5 Å². The summed E-state index contributed by atoms with van der Waals surface area (Å²) >= 11 is 1.28. The van der Waals surface area contributed by atoms with Crippen molar-refractivity contribution in [3.63, 3.8) is 0 Å². The Balaban J connectivity index is 1.57. The van der Waals surface area contributed by atoms with Crippen LogP contribution in [0.5, 0.6) is 5.75 Å². The highest BCUT2D eigenvalue weighted by atomic mass is 32.2. The molecule has 0 unspecified atom stereocenters. The molecule has 1 heterocycles. The van der Waals surface area contributed by atoms with Crippen LogP contribution in [0.1, 0.15) is 0 Å². The lowest BCUT2D eigenvalue weighted by Crippen LogP contribution is -2.14. The maximum absolute atomic E-state index is 13.0. The largest absolute Gasteiger partial charge is 0.495 e. The van der Waals surface area contributed by atoms with E-state index in [1.807, 2.05) is 12.1 Å². The standard InChI is InChI=1S/C19H16FN3O2S/c1-25-17-5-3-2-4-16(17)21-18(24)12-26-19-11-10-15(22-23-19)13-6-8-14(20)9-7-13/h2-11H,12H2,1H3,(H,21,24). The van der Waals surface area contributed by atoms with E-state index < -0.39 is 0 Å². The molecule has 1 amide bonds. The average Bonchev–Trinajstić information content (AvgIpc) is 2.68. The number of amides is 1. The molecule has 0 bridgehead atoms. The number of halogens is 1. The zero-order chi connectivity index (χ0) is 18.4. The molecule has 26 heavy (non-hydrogen) atoms. The lowest BCUT2D eigenvalue weighted by atomic mass is 10.1. The molecule has 1 aromatic heterocycles. The summed E-state index contributed by atoms with van der Waals surface area (Å²) in [4.78, 5) is 12.1. The summed E-state index contributed by atoms with van der Waals surface area (Å²) in [6, 6.07) is 16.8. The van der Waals surface area contributed by atoms with Gasteiger partial charge in [-0.2, -0.15) is 0 Å². The van der Waals surface area contributed by atoms with Gasteiger partial charge in [0, 0.05) is 5.56 Å². The number of benzene rings is 2. The van der Waals surface area contributed by atoms with Gasteiger partial charge in [-0.15, -0.1) is 10.2 Å². The number of anilines is 1. The van der Waals surface area contributed by atoms with Gasteiger partial charge >= 0.3 is 0 Å². The van der Waals surface area contributed by atoms with Crippen LogP contribution >= 0.6 is 11.8 Å². The van der Waals surface area contributed by atoms with E-state index in [2.05, 4.69) is 15.5 Å². The maximum Gasteiger partial charge on any atom is 0.234 e. The van der Waals surface area contributed by atoms with Gasteiger partial charge in [-0.25, -0.2) is 4.39 Å². The molecule has 0 fully saturated rings. The smallest absolute Gasteiger partial charge is 0.234 e. The molecular weight excluding hydrogens is 353 g/mol. The zero-order valence-electron chi connectivity index (χ0n) is 14.0. The number of hydrogen-bond acceptors (Lipinski definition) is 5. The van der Waals surface area contributed by atoms with E-state index in [1.165, 1.54) is 23.9 Å². The minimum absolute atomic E-state index is 0.163. The third-order valence-electron chi connectivity index (χ3n) is 3.51. The number of aromatic nitrogens is 2. The minimum atomic E-state index is -0.296. The topological polar surface area (TPSA) is 64.1 Å². The lowest BCUT2D eigenvalue weighted by molar-refractivity contribution is -0.113. The molecule has 0 aliphatic rings. The summed E-state index contributed by atoms with van der Waals surface area (Å²) in [5, 5.41) is 11.7. The Morgan fingerprint density at radius 3 is 2.54 bits per heavy atom. The number of carbonyl (C=O) groups is 1. The Morgan fingerprint density at radius 1 is 1.08 bits per heavy atom. The van der Waals surface area contributed by atoms with Gasteiger partial charge in [0.25, 0.3) is 0 Å². The monoisotopic (exact) mass is 369 g/mol. The van der Waals surface area contributed by atoms with Crippen molar-refractivity contribution in [2.75, 3.05) is 18.2 Å². The molecule has 132 valence electrons. The highest BCUT2D eigenvalue weighted by Crippen LogP contribution is 2.24. The number of hydrogen-bond donors (Lipinski definition) is 1. The number of para-hydroxylation sites is 2. The minimum Gasteiger partial charge on any atom is -0.495 e. The molecule has 0 spiro atoms. The Bertz CT molecular complexity index is 886. The summed E-state index contributed by atoms with van der Waals surface area (Å²) in [6.07, 6.45) is 0. The Morgan fingerprint density at radius 2 is 1.85 bits per heavy atom. The van der Waals surface area contributed by atoms with E-state index in [0.717, 1.165) is 5.56 Å². The summed E-state index contributed by atoms with van der Waals surface area (Å²) < 4.78 is 18.2. The lowest BCUT2D eigenvalue weighted by Gasteiger charge is -2.09. The van der Waals surface area contributed by atoms with Gasteiger partial charge in [0.15, 0.2) is 0 Å². The SMILES string of the molecule is COc1ccccc1NC(=O)CSc1ccc(-c2ccc(F)cc2)nn1. The fourth-order valence-electron chi connectivity index (χ4n) is 2.25. The third-order valence-corrected chi connectivity index (χ3v) is 4.43. The van der Waals surface area contributed by atoms with Crippen LogP contribution in [0, 0.1) is 5.82 Å². The van der Waals surface area contributed by atoms with Crippen molar-refractivity contribution in [2.45, 2.75) is 5.03 Å². The summed E-state index contributed by atoms with van der Waals surface area (Å²) in [7, 11) is 1.55. The van der Waals surface area contributed by atoms with Gasteiger partial charge < -0.3 is 10.1 Å². The van der Waals surface area contributed by atoms with Gasteiger partial charge in [0.05, 0.1) is 24.2 Å². The third kappa shape index (κ3) is 4.58. The fourth-order valence-corrected chi connectivity index (χ4v) is 2.86. The molecule has 0 saturated carbocycles. The Labute approximate surface area is 154 Å². The second-order valence-electron chi connectivity index (χ2n) is 5.30. The highest BCUT2D eigenvalue weighted by molar-refractivity contribution is 7.99. The number of ether oxygens (including phenoxy) is 1. The number of nitrogens with one attached hydrogen (secondary N) is 1. The van der Waals surface area contributed by atoms with Crippen molar-refractivity contribution >= 4 is 23.4 Å². The second-order valence-corrected chi connectivity index (χ2v) is 6.30. The number of thioether (sulfide) groups is 1. The van der Waals surface area contributed by atoms with Crippen LogP contribution in [0.4, 0.5) is 10.1 Å². The van der Waals surface area contributed by atoms with Crippen LogP contribution < -0.4 is 10.1 Å². The quantitative estimate of drug-likeness (QED) is 0.665. The van der Waals surface area contributed by atoms with E-state index in [0.29, 0.717) is 22.2 Å². The first-order valence-corrected chi connectivity index (χ1v) is 8.79. The van der Waals surface area contributed by atoms with Crippen molar-refractivity contribution in [3.05, 3.63) is 66.5 Å². The molecule has 2 aromatic carbocycles. The number of nitrogens with zero attached hydrogens (tertiary/aromatic N) is 2. The molecule has 0 aliphatic heterocycles. The van der Waals surface area contributed by atoms with Crippen molar-refractivity contribution in [1.29, 1.82) is 0 Å². The average molecular weight is 369 g/mol. The maximum atomic E-state index is 13.0. The zero-order valence-corrected chi connectivity index (χ0v) is 14.8. The summed E-state index contributed by atoms with van der Waals surface area (Å²) in [5.74, 6) is 0.343. The molecule has 1 N–H and O–H groups in total. The van der Waals surface area contributed by atoms with Crippen LogP contribution in [-0.2, 0) is 4.79 Å². The molecule has 0 saturated heterocycles. The van der Waals surface area contributed by atoms with Crippen molar-refractivity contribution < 1.29 is 13.9 Å². The van der Waals surface area contributed by atoms with E-state index in [9.17, 15) is 9.18 Å². The number of carbonyl (C=O) groups excluding carboxylic acids is 1. The van der Waals surface area contributed by atoms with Crippen molar-refractivity contribution in [1.82, 2.24) is 10.2 Å². The molecule has 3 aromatic rings. The molecule has 5 nitrogen and oxygen atoms in total. The van der Waals surface area contributed by atoms with Gasteiger partial charge in [-0.1, -0.05) is 23.9 Å². The van der Waals surface area contributed by atoms with E-state index in [1.54, 1.807) is 43.5 Å². The highest BCUT2D eigenvalue weighted by Gasteiger charge is 2.09. The summed E-state index contributed by atoms with van der Waals surface area (Å²) in [5.41, 5.74) is 2.05. The van der Waals surface area contributed by atoms with Gasteiger partial charge in [-0.05, 0) is 48.5 Å². The first-order chi connectivity index (χ1) is 12.7. The fraction of sp³-hybridized carbons (Fsp3) is 0.105. The van der Waals surface area contributed by atoms with Gasteiger partial charge in [0.1, 0.15) is 16.6 Å². The van der Waals surface area contributed by atoms with E-state index in [4.69, 9.17) is 4.74 Å². The molecule has 7 heteroatoms. The van der Waals surface area contributed by atoms with Gasteiger partial charge in [0.2, 0.25) is 5.91 Å². The normalized spacial score (nSPS) is 10.4. The predicted molar refractivity (Wildman–Crippen MR) is 99.8 cm³/mol. The van der Waals surface area contributed by atoms with Crippen molar-refractivity contribution in [2.24, 2.45) is 0 Å². The van der Waals surface area contributed by atoms with Gasteiger partial charge in [-0.3, -0.25) is 4.79 Å². The number of methoxy groups -OCH3 is 1. The summed E-state index contributed by atoms with van der Waals surface area (Å²) in [6.45, 7) is 0. The molecule has 0 atom stereocenters. The Hall–Kier alpha value is -2.93. The van der Waals surface area contributed by atoms with Crippen molar-refractivity contribution in [3.8, 4) is 17.0 Å². The molecule has 3 rings (SSSR count). The first-order valence-electron chi connectivity index (χ1n) is 7.81. The van der Waals surface area contributed by atoms with Crippen LogP contribution in [-0.4, -0.2) is 29.0 Å². The predicted octanol–water partition coefficient (Wildman–Crippen LogP) is 4.02. The molecule has 0 radical (unpaired) electrons. The van der Waals surface area contributed by atoms with Crippen LogP contribution in [0.3, 0.4) is 0 Å². The number of rotatable bonds is 6. The molecular formula is C19H16FN3O2S. The van der Waals surface area contributed by atoms with Crippen LogP contribution in [0.15, 0.2) is 65.7 Å². The first kappa shape index (κ1) is 17.9. The van der Waals surface area contributed by atoms with Crippen LogP contribution in [0.25, 0.3) is 11.3 Å². The van der Waals surface area contributed by atoms with E-state index >= 15 is 0 Å². The second kappa shape index (κ2) is 8.44. The Kier molecular flexibility index (Phi) is 5.80. The molecule has 0 aliphatic carbocycles. The van der Waals surface area contributed by atoms with Crippen LogP contribution in [0.2, 0.25) is 0 Å².